The maximum atomic E-state index is 11.5. The zero-order valence-corrected chi connectivity index (χ0v) is 12.3. The molecule has 0 spiro atoms. The Kier molecular flexibility index (Phi) is 4.39. The standard InChI is InChI=1S/C18H23NO2/c20-18(21)17-13-15-10-4-5-11-16(15)19(17)12-6-9-14-7-2-1-3-8-14/h1-3,6-9,15-17H,4-5,10-13H2,(H,20,21)/b9-6-/t15-,16-,17-/m0/s1. The molecule has 1 aliphatic heterocycles. The van der Waals surface area contributed by atoms with E-state index in [1.54, 1.807) is 0 Å². The van der Waals surface area contributed by atoms with Crippen LogP contribution in [-0.4, -0.2) is 34.6 Å². The second kappa shape index (κ2) is 6.44. The van der Waals surface area contributed by atoms with Crippen molar-refractivity contribution in [1.82, 2.24) is 4.90 Å². The Bertz CT molecular complexity index is 511. The van der Waals surface area contributed by atoms with Crippen molar-refractivity contribution in [2.75, 3.05) is 6.54 Å². The van der Waals surface area contributed by atoms with Crippen LogP contribution in [0.2, 0.25) is 0 Å². The highest BCUT2D eigenvalue weighted by Crippen LogP contribution is 2.39. The van der Waals surface area contributed by atoms with E-state index in [-0.39, 0.29) is 6.04 Å². The van der Waals surface area contributed by atoms with Crippen LogP contribution in [-0.2, 0) is 4.79 Å². The summed E-state index contributed by atoms with van der Waals surface area (Å²) in [6.07, 6.45) is 9.91. The van der Waals surface area contributed by atoms with Gasteiger partial charge in [-0.05, 0) is 30.7 Å². The summed E-state index contributed by atoms with van der Waals surface area (Å²) in [6, 6.07) is 10.4. The molecule has 1 aromatic rings. The molecule has 1 saturated carbocycles. The third kappa shape index (κ3) is 3.18. The quantitative estimate of drug-likeness (QED) is 0.921. The van der Waals surface area contributed by atoms with Crippen LogP contribution < -0.4 is 0 Å². The van der Waals surface area contributed by atoms with Crippen LogP contribution in [0, 0.1) is 5.92 Å². The van der Waals surface area contributed by atoms with Crippen molar-refractivity contribution in [1.29, 1.82) is 0 Å². The number of likely N-dealkylation sites (tertiary alicyclic amines) is 1. The molecule has 112 valence electrons. The van der Waals surface area contributed by atoms with Crippen molar-refractivity contribution < 1.29 is 9.90 Å². The Hall–Kier alpha value is -1.61. The molecule has 2 aliphatic rings. The van der Waals surface area contributed by atoms with Crippen molar-refractivity contribution in [2.24, 2.45) is 5.92 Å². The Balaban J connectivity index is 1.69. The van der Waals surface area contributed by atoms with Crippen LogP contribution in [0.3, 0.4) is 0 Å². The van der Waals surface area contributed by atoms with E-state index in [1.807, 2.05) is 18.2 Å². The molecule has 0 bridgehead atoms. The number of nitrogens with zero attached hydrogens (tertiary/aromatic N) is 1. The summed E-state index contributed by atoms with van der Waals surface area (Å²) in [6.45, 7) is 0.743. The lowest BCUT2D eigenvalue weighted by Crippen LogP contribution is -2.42. The van der Waals surface area contributed by atoms with Gasteiger partial charge in [0.1, 0.15) is 6.04 Å². The van der Waals surface area contributed by atoms with E-state index in [2.05, 4.69) is 29.2 Å². The molecular weight excluding hydrogens is 262 g/mol. The Labute approximate surface area is 126 Å². The third-order valence-corrected chi connectivity index (χ3v) is 4.93. The van der Waals surface area contributed by atoms with Gasteiger partial charge >= 0.3 is 5.97 Å². The van der Waals surface area contributed by atoms with Gasteiger partial charge in [0.15, 0.2) is 0 Å². The molecule has 0 amide bonds. The summed E-state index contributed by atoms with van der Waals surface area (Å²) >= 11 is 0. The van der Waals surface area contributed by atoms with Gasteiger partial charge in [0.25, 0.3) is 0 Å². The average Bonchev–Trinajstić information content (AvgIpc) is 2.88. The van der Waals surface area contributed by atoms with E-state index in [0.29, 0.717) is 12.0 Å². The summed E-state index contributed by atoms with van der Waals surface area (Å²) in [5.74, 6) is -0.0671. The fourth-order valence-electron chi connectivity index (χ4n) is 3.93. The number of fused-ring (bicyclic) bond motifs is 1. The van der Waals surface area contributed by atoms with Gasteiger partial charge in [-0.1, -0.05) is 55.3 Å². The second-order valence-corrected chi connectivity index (χ2v) is 6.21. The molecular formula is C18H23NO2. The second-order valence-electron chi connectivity index (χ2n) is 6.21. The zero-order chi connectivity index (χ0) is 14.7. The monoisotopic (exact) mass is 285 g/mol. The molecule has 21 heavy (non-hydrogen) atoms. The van der Waals surface area contributed by atoms with Crippen LogP contribution >= 0.6 is 0 Å². The zero-order valence-electron chi connectivity index (χ0n) is 12.3. The minimum absolute atomic E-state index is 0.293. The smallest absolute Gasteiger partial charge is 0.320 e. The first-order chi connectivity index (χ1) is 10.3. The minimum atomic E-state index is -0.655. The maximum Gasteiger partial charge on any atom is 0.320 e. The van der Waals surface area contributed by atoms with Crippen molar-refractivity contribution in [3.63, 3.8) is 0 Å². The molecule has 1 heterocycles. The number of carboxylic acid groups (broad SMARTS) is 1. The van der Waals surface area contributed by atoms with E-state index >= 15 is 0 Å². The van der Waals surface area contributed by atoms with Gasteiger partial charge in [-0.25, -0.2) is 0 Å². The lowest BCUT2D eigenvalue weighted by molar-refractivity contribution is -0.142. The van der Waals surface area contributed by atoms with Gasteiger partial charge in [-0.2, -0.15) is 0 Å². The summed E-state index contributed by atoms with van der Waals surface area (Å²) in [5, 5.41) is 9.48. The normalized spacial score (nSPS) is 29.6. The van der Waals surface area contributed by atoms with E-state index in [1.165, 1.54) is 24.8 Å². The maximum absolute atomic E-state index is 11.5. The summed E-state index contributed by atoms with van der Waals surface area (Å²) in [4.78, 5) is 13.7. The average molecular weight is 285 g/mol. The topological polar surface area (TPSA) is 40.5 Å². The number of aliphatic carboxylic acids is 1. The summed E-state index contributed by atoms with van der Waals surface area (Å²) in [7, 11) is 0. The van der Waals surface area contributed by atoms with Crippen LogP contribution in [0.1, 0.15) is 37.7 Å². The van der Waals surface area contributed by atoms with Gasteiger partial charge < -0.3 is 5.11 Å². The fraction of sp³-hybridized carbons (Fsp3) is 0.500. The Morgan fingerprint density at radius 1 is 1.24 bits per heavy atom. The van der Waals surface area contributed by atoms with E-state index in [9.17, 15) is 9.90 Å². The van der Waals surface area contributed by atoms with E-state index < -0.39 is 5.97 Å². The highest BCUT2D eigenvalue weighted by Gasteiger charge is 2.44. The lowest BCUT2D eigenvalue weighted by atomic mass is 9.85. The molecule has 1 N–H and O–H groups in total. The molecule has 1 saturated heterocycles. The van der Waals surface area contributed by atoms with Crippen LogP contribution in [0.25, 0.3) is 6.08 Å². The minimum Gasteiger partial charge on any atom is -0.480 e. The van der Waals surface area contributed by atoms with Crippen LogP contribution in [0.4, 0.5) is 0 Å². The van der Waals surface area contributed by atoms with Gasteiger partial charge in [-0.15, -0.1) is 0 Å². The predicted molar refractivity (Wildman–Crippen MR) is 84.0 cm³/mol. The molecule has 0 radical (unpaired) electrons. The molecule has 3 atom stereocenters. The molecule has 1 aliphatic carbocycles. The van der Waals surface area contributed by atoms with Crippen molar-refractivity contribution in [3.8, 4) is 0 Å². The number of hydrogen-bond acceptors (Lipinski definition) is 2. The van der Waals surface area contributed by atoms with Gasteiger partial charge in [0.05, 0.1) is 0 Å². The summed E-state index contributed by atoms with van der Waals surface area (Å²) < 4.78 is 0. The number of rotatable bonds is 4. The highest BCUT2D eigenvalue weighted by atomic mass is 16.4. The molecule has 0 unspecified atom stereocenters. The number of hydrogen-bond donors (Lipinski definition) is 1. The number of benzene rings is 1. The molecule has 3 nitrogen and oxygen atoms in total. The highest BCUT2D eigenvalue weighted by molar-refractivity contribution is 5.74. The third-order valence-electron chi connectivity index (χ3n) is 4.93. The molecule has 1 aromatic carbocycles. The predicted octanol–water partition coefficient (Wildman–Crippen LogP) is 3.42. The number of carboxylic acids is 1. The van der Waals surface area contributed by atoms with Crippen LogP contribution in [0.15, 0.2) is 36.4 Å². The lowest BCUT2D eigenvalue weighted by Gasteiger charge is -2.32. The van der Waals surface area contributed by atoms with Gasteiger partial charge in [0, 0.05) is 12.6 Å². The van der Waals surface area contributed by atoms with Crippen molar-refractivity contribution >= 4 is 12.0 Å². The van der Waals surface area contributed by atoms with Crippen molar-refractivity contribution in [3.05, 3.63) is 42.0 Å². The fourth-order valence-corrected chi connectivity index (χ4v) is 3.93. The molecule has 0 aromatic heterocycles. The van der Waals surface area contributed by atoms with Gasteiger partial charge in [-0.3, -0.25) is 9.69 Å². The molecule has 2 fully saturated rings. The Morgan fingerprint density at radius 3 is 2.76 bits per heavy atom. The van der Waals surface area contributed by atoms with E-state index in [4.69, 9.17) is 0 Å². The first-order valence-electron chi connectivity index (χ1n) is 7.96. The first-order valence-corrected chi connectivity index (χ1v) is 7.96. The van der Waals surface area contributed by atoms with Crippen molar-refractivity contribution in [2.45, 2.75) is 44.2 Å². The van der Waals surface area contributed by atoms with Gasteiger partial charge in [0.2, 0.25) is 0 Å². The first kappa shape index (κ1) is 14.3. The number of carbonyl (C=O) groups is 1. The summed E-state index contributed by atoms with van der Waals surface area (Å²) in [5.41, 5.74) is 1.17. The SMILES string of the molecule is O=C(O)[C@@H]1C[C@@H]2CCCC[C@@H]2N1C/C=C\c1ccccc1. The van der Waals surface area contributed by atoms with Crippen LogP contribution in [0.5, 0.6) is 0 Å². The Morgan fingerprint density at radius 2 is 2.00 bits per heavy atom. The molecule has 3 heteroatoms. The van der Waals surface area contributed by atoms with E-state index in [0.717, 1.165) is 19.4 Å². The largest absolute Gasteiger partial charge is 0.480 e. The molecule has 3 rings (SSSR count).